The number of aliphatic hydroxyl groups excluding tert-OH is 1. The highest BCUT2D eigenvalue weighted by Crippen LogP contribution is 2.30. The Morgan fingerprint density at radius 2 is 2.28 bits per heavy atom. The van der Waals surface area contributed by atoms with Crippen LogP contribution in [0, 0.1) is 6.92 Å². The van der Waals surface area contributed by atoms with Crippen molar-refractivity contribution in [3.63, 3.8) is 0 Å². The van der Waals surface area contributed by atoms with Gasteiger partial charge in [0.2, 0.25) is 0 Å². The minimum Gasteiger partial charge on any atom is -0.433 e. The van der Waals surface area contributed by atoms with Gasteiger partial charge in [-0.25, -0.2) is 0 Å². The lowest BCUT2D eigenvalue weighted by Gasteiger charge is -2.12. The molecule has 102 valence electrons. The van der Waals surface area contributed by atoms with E-state index in [-0.39, 0.29) is 23.3 Å². The molecule has 4 nitrogen and oxygen atoms in total. The van der Waals surface area contributed by atoms with Crippen LogP contribution in [-0.4, -0.2) is 30.3 Å². The van der Waals surface area contributed by atoms with Crippen molar-refractivity contribution in [1.29, 1.82) is 0 Å². The summed E-state index contributed by atoms with van der Waals surface area (Å²) in [4.78, 5) is 12.7. The Morgan fingerprint density at radius 1 is 1.61 bits per heavy atom. The number of halogens is 2. The molecule has 0 aliphatic rings. The van der Waals surface area contributed by atoms with Crippen LogP contribution in [0.1, 0.15) is 27.9 Å². The van der Waals surface area contributed by atoms with Crippen LogP contribution in [0.5, 0.6) is 5.75 Å². The Morgan fingerprint density at radius 3 is 2.83 bits per heavy atom. The lowest BCUT2D eigenvalue weighted by molar-refractivity contribution is -0.0498. The van der Waals surface area contributed by atoms with Gasteiger partial charge in [-0.15, -0.1) is 11.3 Å². The highest BCUT2D eigenvalue weighted by atomic mass is 32.1. The zero-order valence-electron chi connectivity index (χ0n) is 10.1. The van der Waals surface area contributed by atoms with Crippen LogP contribution in [0.25, 0.3) is 0 Å². The van der Waals surface area contributed by atoms with Crippen molar-refractivity contribution >= 4 is 17.2 Å². The molecule has 7 heteroatoms. The van der Waals surface area contributed by atoms with Gasteiger partial charge in [-0.1, -0.05) is 0 Å². The second-order valence-corrected chi connectivity index (χ2v) is 5.07. The van der Waals surface area contributed by atoms with E-state index < -0.39 is 12.5 Å². The van der Waals surface area contributed by atoms with Crippen molar-refractivity contribution in [2.75, 3.05) is 6.61 Å². The van der Waals surface area contributed by atoms with Crippen molar-refractivity contribution < 1.29 is 23.4 Å². The van der Waals surface area contributed by atoms with Gasteiger partial charge < -0.3 is 15.2 Å². The maximum atomic E-state index is 12.2. The topological polar surface area (TPSA) is 58.6 Å². The first kappa shape index (κ1) is 14.8. The van der Waals surface area contributed by atoms with E-state index in [0.29, 0.717) is 11.3 Å². The van der Waals surface area contributed by atoms with E-state index >= 15 is 0 Å². The van der Waals surface area contributed by atoms with Crippen LogP contribution < -0.4 is 10.1 Å². The molecular weight excluding hydrogens is 264 g/mol. The maximum Gasteiger partial charge on any atom is 0.387 e. The molecule has 0 bridgehead atoms. The molecule has 0 aromatic carbocycles. The summed E-state index contributed by atoms with van der Waals surface area (Å²) < 4.78 is 28.6. The van der Waals surface area contributed by atoms with Crippen LogP contribution >= 0.6 is 11.3 Å². The molecule has 2 N–H and O–H groups in total. The van der Waals surface area contributed by atoms with Crippen molar-refractivity contribution in [3.05, 3.63) is 15.8 Å². The summed E-state index contributed by atoms with van der Waals surface area (Å²) >= 11 is 1.09. The fraction of sp³-hybridized carbons (Fsp3) is 0.545. The number of ether oxygens (including phenoxy) is 1. The molecule has 1 heterocycles. The first-order valence-corrected chi connectivity index (χ1v) is 6.22. The fourth-order valence-electron chi connectivity index (χ4n) is 1.39. The maximum absolute atomic E-state index is 12.2. The van der Waals surface area contributed by atoms with Gasteiger partial charge in [0.25, 0.3) is 5.91 Å². The molecule has 0 aliphatic heterocycles. The Hall–Kier alpha value is -1.21. The lowest BCUT2D eigenvalue weighted by atomic mass is 10.2. The summed E-state index contributed by atoms with van der Waals surface area (Å²) in [7, 11) is 0. The Bertz CT molecular complexity index is 409. The average Bonchev–Trinajstić information content (AvgIpc) is 2.58. The fourth-order valence-corrected chi connectivity index (χ4v) is 2.24. The van der Waals surface area contributed by atoms with Gasteiger partial charge in [-0.05, 0) is 26.3 Å². The number of carbonyl (C=O) groups excluding carboxylic acids is 1. The molecule has 1 rings (SSSR count). The van der Waals surface area contributed by atoms with E-state index in [4.69, 9.17) is 5.11 Å². The summed E-state index contributed by atoms with van der Waals surface area (Å²) in [6.07, 6.45) is 0.404. The van der Waals surface area contributed by atoms with Crippen LogP contribution in [0.15, 0.2) is 6.07 Å². The molecule has 0 spiro atoms. The number of amides is 1. The minimum absolute atomic E-state index is 0.0503. The van der Waals surface area contributed by atoms with Gasteiger partial charge in [-0.2, -0.15) is 8.78 Å². The molecule has 0 radical (unpaired) electrons. The number of nitrogens with one attached hydrogen (secondary N) is 1. The van der Waals surface area contributed by atoms with Gasteiger partial charge in [-0.3, -0.25) is 4.79 Å². The second-order valence-electron chi connectivity index (χ2n) is 3.82. The standard InChI is InChI=1S/C11H15F2NO3S/c1-6(3-4-15)14-10(16)9-8(17-11(12)13)5-7(2)18-9/h5-6,11,15H,3-4H2,1-2H3,(H,14,16). The predicted molar refractivity (Wildman–Crippen MR) is 64.3 cm³/mol. The third kappa shape index (κ3) is 4.23. The van der Waals surface area contributed by atoms with E-state index in [1.807, 2.05) is 0 Å². The normalized spacial score (nSPS) is 12.6. The molecule has 0 fully saturated rings. The number of carbonyl (C=O) groups is 1. The Balaban J connectivity index is 2.78. The van der Waals surface area contributed by atoms with Gasteiger partial charge in [0, 0.05) is 17.5 Å². The molecule has 1 aromatic rings. The Labute approximate surface area is 108 Å². The summed E-state index contributed by atoms with van der Waals surface area (Å²) in [5.41, 5.74) is 0. The molecule has 1 unspecified atom stereocenters. The van der Waals surface area contributed by atoms with Crippen molar-refractivity contribution in [2.45, 2.75) is 32.9 Å². The molecule has 0 saturated carbocycles. The van der Waals surface area contributed by atoms with Crippen LogP contribution in [0.4, 0.5) is 8.78 Å². The van der Waals surface area contributed by atoms with Crippen molar-refractivity contribution in [1.82, 2.24) is 5.32 Å². The zero-order valence-corrected chi connectivity index (χ0v) is 10.9. The average molecular weight is 279 g/mol. The summed E-state index contributed by atoms with van der Waals surface area (Å²) in [6, 6.07) is 1.17. The molecule has 18 heavy (non-hydrogen) atoms. The zero-order chi connectivity index (χ0) is 13.7. The smallest absolute Gasteiger partial charge is 0.387 e. The van der Waals surface area contributed by atoms with Gasteiger partial charge in [0.1, 0.15) is 10.6 Å². The number of hydrogen-bond acceptors (Lipinski definition) is 4. The number of aryl methyl sites for hydroxylation is 1. The highest BCUT2D eigenvalue weighted by molar-refractivity contribution is 7.14. The summed E-state index contributed by atoms with van der Waals surface area (Å²) in [5, 5.41) is 11.3. The predicted octanol–water partition coefficient (Wildman–Crippen LogP) is 2.16. The monoisotopic (exact) mass is 279 g/mol. The quantitative estimate of drug-likeness (QED) is 0.839. The second kappa shape index (κ2) is 6.65. The summed E-state index contributed by atoms with van der Waals surface area (Å²) in [5.74, 6) is -0.578. The first-order chi connectivity index (χ1) is 8.43. The minimum atomic E-state index is -2.96. The number of rotatable bonds is 6. The summed E-state index contributed by atoms with van der Waals surface area (Å²) in [6.45, 7) is 0.421. The number of thiophene rings is 1. The van der Waals surface area contributed by atoms with Crippen LogP contribution in [0.3, 0.4) is 0 Å². The van der Waals surface area contributed by atoms with Gasteiger partial charge >= 0.3 is 6.61 Å². The molecule has 1 atom stereocenters. The lowest BCUT2D eigenvalue weighted by Crippen LogP contribution is -2.33. The number of aliphatic hydroxyl groups is 1. The molecule has 0 saturated heterocycles. The number of hydrogen-bond donors (Lipinski definition) is 2. The van der Waals surface area contributed by atoms with E-state index in [9.17, 15) is 13.6 Å². The van der Waals surface area contributed by atoms with E-state index in [1.165, 1.54) is 6.07 Å². The molecule has 1 amide bonds. The SMILES string of the molecule is Cc1cc(OC(F)F)c(C(=O)NC(C)CCO)s1. The van der Waals surface area contributed by atoms with E-state index in [0.717, 1.165) is 11.3 Å². The first-order valence-electron chi connectivity index (χ1n) is 5.41. The molecular formula is C11H15F2NO3S. The van der Waals surface area contributed by atoms with Gasteiger partial charge in [0.15, 0.2) is 0 Å². The molecule has 0 aliphatic carbocycles. The van der Waals surface area contributed by atoms with Crippen LogP contribution in [-0.2, 0) is 0 Å². The van der Waals surface area contributed by atoms with Crippen molar-refractivity contribution in [3.8, 4) is 5.75 Å². The van der Waals surface area contributed by atoms with Gasteiger partial charge in [0.05, 0.1) is 0 Å². The van der Waals surface area contributed by atoms with E-state index in [2.05, 4.69) is 10.1 Å². The van der Waals surface area contributed by atoms with Crippen molar-refractivity contribution in [2.24, 2.45) is 0 Å². The highest BCUT2D eigenvalue weighted by Gasteiger charge is 2.20. The molecule has 1 aromatic heterocycles. The van der Waals surface area contributed by atoms with Crippen LogP contribution in [0.2, 0.25) is 0 Å². The Kier molecular flexibility index (Phi) is 5.49. The third-order valence-electron chi connectivity index (χ3n) is 2.18. The van der Waals surface area contributed by atoms with E-state index in [1.54, 1.807) is 13.8 Å². The third-order valence-corrected chi connectivity index (χ3v) is 3.21. The largest absolute Gasteiger partial charge is 0.433 e. The number of alkyl halides is 2.